The second-order valence-corrected chi connectivity index (χ2v) is 5.41. The predicted molar refractivity (Wildman–Crippen MR) is 80.3 cm³/mol. The Balaban J connectivity index is 1.65. The molecule has 1 heterocycles. The van der Waals surface area contributed by atoms with E-state index in [1.54, 1.807) is 12.1 Å². The summed E-state index contributed by atoms with van der Waals surface area (Å²) in [5.41, 5.74) is 0. The maximum atomic E-state index is 11.6. The highest BCUT2D eigenvalue weighted by molar-refractivity contribution is 9.10. The number of imide groups is 1. The molecule has 1 aliphatic heterocycles. The molecule has 0 unspecified atom stereocenters. The van der Waals surface area contributed by atoms with Gasteiger partial charge in [0.1, 0.15) is 5.75 Å². The van der Waals surface area contributed by atoms with E-state index in [0.29, 0.717) is 18.8 Å². The van der Waals surface area contributed by atoms with Crippen molar-refractivity contribution in [3.8, 4) is 5.75 Å². The van der Waals surface area contributed by atoms with Crippen LogP contribution >= 0.6 is 15.9 Å². The number of nitrogens with zero attached hydrogens (tertiary/aromatic N) is 1. The topological polar surface area (TPSA) is 84.9 Å². The van der Waals surface area contributed by atoms with Crippen LogP contribution in [-0.2, 0) is 14.3 Å². The van der Waals surface area contributed by atoms with Crippen LogP contribution in [0.4, 0.5) is 4.79 Å². The zero-order chi connectivity index (χ0) is 15.9. The van der Waals surface area contributed by atoms with Crippen LogP contribution in [0.25, 0.3) is 0 Å². The second kappa shape index (κ2) is 7.79. The number of carbonyl (C=O) groups excluding carboxylic acids is 3. The highest BCUT2D eigenvalue weighted by Gasteiger charge is 2.26. The summed E-state index contributed by atoms with van der Waals surface area (Å²) in [4.78, 5) is 35.4. The minimum Gasteiger partial charge on any atom is -0.493 e. The summed E-state index contributed by atoms with van der Waals surface area (Å²) in [6.45, 7) is 0.414. The smallest absolute Gasteiger partial charge is 0.324 e. The molecule has 0 aliphatic carbocycles. The summed E-state index contributed by atoms with van der Waals surface area (Å²) in [6.07, 6.45) is 0.0198. The molecule has 1 aromatic carbocycles. The van der Waals surface area contributed by atoms with Crippen LogP contribution in [0.15, 0.2) is 28.7 Å². The number of urea groups is 1. The summed E-state index contributed by atoms with van der Waals surface area (Å²) < 4.78 is 11.1. The van der Waals surface area contributed by atoms with Gasteiger partial charge in [-0.05, 0) is 18.2 Å². The Morgan fingerprint density at radius 3 is 2.86 bits per heavy atom. The number of benzene rings is 1. The van der Waals surface area contributed by atoms with Crippen molar-refractivity contribution in [2.45, 2.75) is 6.42 Å². The molecule has 1 aromatic rings. The predicted octanol–water partition coefficient (Wildman–Crippen LogP) is 1.31. The van der Waals surface area contributed by atoms with Gasteiger partial charge in [0.25, 0.3) is 5.91 Å². The van der Waals surface area contributed by atoms with Gasteiger partial charge in [-0.15, -0.1) is 0 Å². The zero-order valence-electron chi connectivity index (χ0n) is 11.7. The van der Waals surface area contributed by atoms with Crippen LogP contribution in [0.1, 0.15) is 6.42 Å². The van der Waals surface area contributed by atoms with Crippen LogP contribution in [0.3, 0.4) is 0 Å². The van der Waals surface area contributed by atoms with E-state index in [1.807, 2.05) is 12.1 Å². The molecule has 0 saturated carbocycles. The lowest BCUT2D eigenvalue weighted by Gasteiger charge is -2.12. The van der Waals surface area contributed by atoms with Crippen molar-refractivity contribution in [2.75, 3.05) is 26.3 Å². The first-order chi connectivity index (χ1) is 10.6. The normalized spacial score (nSPS) is 13.7. The number of carbonyl (C=O) groups is 3. The number of hydrogen-bond acceptors (Lipinski definition) is 5. The third-order valence-electron chi connectivity index (χ3n) is 2.89. The monoisotopic (exact) mass is 370 g/mol. The summed E-state index contributed by atoms with van der Waals surface area (Å²) >= 11 is 3.31. The third-order valence-corrected chi connectivity index (χ3v) is 3.38. The van der Waals surface area contributed by atoms with Gasteiger partial charge in [-0.2, -0.15) is 0 Å². The Kier molecular flexibility index (Phi) is 5.76. The molecule has 0 bridgehead atoms. The Morgan fingerprint density at radius 2 is 2.18 bits per heavy atom. The molecule has 1 saturated heterocycles. The summed E-state index contributed by atoms with van der Waals surface area (Å²) in [7, 11) is 0. The van der Waals surface area contributed by atoms with Crippen molar-refractivity contribution in [1.29, 1.82) is 0 Å². The third kappa shape index (κ3) is 4.73. The van der Waals surface area contributed by atoms with Gasteiger partial charge in [0, 0.05) is 17.6 Å². The molecule has 0 atom stereocenters. The number of nitrogens with one attached hydrogen (secondary N) is 1. The van der Waals surface area contributed by atoms with Gasteiger partial charge in [-0.25, -0.2) is 4.79 Å². The van der Waals surface area contributed by atoms with Crippen molar-refractivity contribution in [3.05, 3.63) is 28.7 Å². The molecule has 0 spiro atoms. The first-order valence-electron chi connectivity index (χ1n) is 6.68. The van der Waals surface area contributed by atoms with E-state index >= 15 is 0 Å². The molecule has 0 radical (unpaired) electrons. The molecule has 7 nitrogen and oxygen atoms in total. The number of amides is 3. The Hall–Kier alpha value is -2.09. The molecule has 0 aromatic heterocycles. The fourth-order valence-electron chi connectivity index (χ4n) is 1.81. The Labute approximate surface area is 135 Å². The van der Waals surface area contributed by atoms with Crippen molar-refractivity contribution in [3.63, 3.8) is 0 Å². The van der Waals surface area contributed by atoms with Gasteiger partial charge in [0.2, 0.25) is 0 Å². The van der Waals surface area contributed by atoms with E-state index in [0.717, 1.165) is 9.37 Å². The second-order valence-electron chi connectivity index (χ2n) is 4.49. The van der Waals surface area contributed by atoms with Crippen LogP contribution in [0.5, 0.6) is 5.75 Å². The fraction of sp³-hybridized carbons (Fsp3) is 0.357. The van der Waals surface area contributed by atoms with Crippen LogP contribution in [-0.4, -0.2) is 49.1 Å². The molecule has 3 amide bonds. The minimum atomic E-state index is -0.553. The maximum absolute atomic E-state index is 11.6. The molecule has 1 N–H and O–H groups in total. The summed E-state index contributed by atoms with van der Waals surface area (Å²) in [5, 5.41) is 2.50. The van der Waals surface area contributed by atoms with Crippen LogP contribution < -0.4 is 10.1 Å². The van der Waals surface area contributed by atoms with Crippen LogP contribution in [0, 0.1) is 0 Å². The number of halogens is 1. The lowest BCUT2D eigenvalue weighted by atomic mass is 10.3. The van der Waals surface area contributed by atoms with E-state index < -0.39 is 24.5 Å². The Bertz CT molecular complexity index is 578. The van der Waals surface area contributed by atoms with Crippen molar-refractivity contribution >= 4 is 33.8 Å². The van der Waals surface area contributed by atoms with Crippen molar-refractivity contribution < 1.29 is 23.9 Å². The first kappa shape index (κ1) is 16.3. The molecule has 118 valence electrons. The van der Waals surface area contributed by atoms with Gasteiger partial charge in [0.15, 0.2) is 6.61 Å². The summed E-state index contributed by atoms with van der Waals surface area (Å²) in [6, 6.07) is 6.77. The highest BCUT2D eigenvalue weighted by atomic mass is 79.9. The summed E-state index contributed by atoms with van der Waals surface area (Å²) in [5.74, 6) is -0.453. The van der Waals surface area contributed by atoms with E-state index in [4.69, 9.17) is 9.47 Å². The average Bonchev–Trinajstić information content (AvgIpc) is 2.91. The average molecular weight is 371 g/mol. The number of esters is 1. The minimum absolute atomic E-state index is 0.0198. The fourth-order valence-corrected chi connectivity index (χ4v) is 2.19. The van der Waals surface area contributed by atoms with Gasteiger partial charge < -0.3 is 14.8 Å². The van der Waals surface area contributed by atoms with Gasteiger partial charge >= 0.3 is 12.0 Å². The molecular formula is C14H15BrN2O5. The largest absolute Gasteiger partial charge is 0.493 e. The van der Waals surface area contributed by atoms with Gasteiger partial charge in [-0.3, -0.25) is 14.5 Å². The van der Waals surface area contributed by atoms with Crippen molar-refractivity contribution in [1.82, 2.24) is 10.2 Å². The molecule has 8 heteroatoms. The number of rotatable bonds is 6. The SMILES string of the molecule is O=C(CCOc1cccc(Br)c1)OCC(=O)N1CCNC1=O. The van der Waals surface area contributed by atoms with E-state index in [9.17, 15) is 14.4 Å². The van der Waals surface area contributed by atoms with E-state index in [2.05, 4.69) is 21.2 Å². The van der Waals surface area contributed by atoms with E-state index in [-0.39, 0.29) is 13.0 Å². The molecule has 2 rings (SSSR count). The number of ether oxygens (including phenoxy) is 2. The molecule has 1 fully saturated rings. The molecule has 22 heavy (non-hydrogen) atoms. The van der Waals surface area contributed by atoms with Crippen molar-refractivity contribution in [2.24, 2.45) is 0 Å². The van der Waals surface area contributed by atoms with Gasteiger partial charge in [0.05, 0.1) is 13.0 Å². The van der Waals surface area contributed by atoms with Crippen LogP contribution in [0.2, 0.25) is 0 Å². The molecule has 1 aliphatic rings. The quantitative estimate of drug-likeness (QED) is 0.763. The Morgan fingerprint density at radius 1 is 1.36 bits per heavy atom. The first-order valence-corrected chi connectivity index (χ1v) is 7.48. The van der Waals surface area contributed by atoms with Gasteiger partial charge in [-0.1, -0.05) is 22.0 Å². The zero-order valence-corrected chi connectivity index (χ0v) is 13.3. The highest BCUT2D eigenvalue weighted by Crippen LogP contribution is 2.17. The molecular weight excluding hydrogens is 356 g/mol. The number of hydrogen-bond donors (Lipinski definition) is 1. The van der Waals surface area contributed by atoms with E-state index in [1.165, 1.54) is 0 Å². The maximum Gasteiger partial charge on any atom is 0.324 e. The standard InChI is InChI=1S/C14H15BrN2O5/c15-10-2-1-3-11(8-10)21-7-4-13(19)22-9-12(18)17-6-5-16-14(17)20/h1-3,8H,4-7,9H2,(H,16,20). The lowest BCUT2D eigenvalue weighted by Crippen LogP contribution is -2.37. The lowest BCUT2D eigenvalue weighted by molar-refractivity contribution is -0.151.